The van der Waals surface area contributed by atoms with Crippen molar-refractivity contribution in [3.05, 3.63) is 71.4 Å². The van der Waals surface area contributed by atoms with Gasteiger partial charge in [-0.15, -0.1) is 0 Å². The molecule has 2 aromatic carbocycles. The number of imide groups is 2. The summed E-state index contributed by atoms with van der Waals surface area (Å²) < 4.78 is 101. The van der Waals surface area contributed by atoms with Gasteiger partial charge in [0.05, 0.1) is 12.1 Å². The molecule has 3 aromatic rings. The van der Waals surface area contributed by atoms with Gasteiger partial charge in [0.25, 0.3) is 17.7 Å². The van der Waals surface area contributed by atoms with Crippen molar-refractivity contribution in [2.24, 2.45) is 0 Å². The number of aryl methyl sites for hydroxylation is 1. The number of aliphatic carboxylic acids is 3. The van der Waals surface area contributed by atoms with Crippen LogP contribution in [0.2, 0.25) is 0 Å². The van der Waals surface area contributed by atoms with Crippen molar-refractivity contribution in [3.63, 3.8) is 0 Å². The molecule has 2 saturated heterocycles. The molecule has 0 atom stereocenters. The summed E-state index contributed by atoms with van der Waals surface area (Å²) in [5.41, 5.74) is 1.43. The molecule has 2 aliphatic rings. The highest BCUT2D eigenvalue weighted by molar-refractivity contribution is 6.23. The Morgan fingerprint density at radius 3 is 1.66 bits per heavy atom. The normalized spacial score (nSPS) is 15.6. The van der Waals surface area contributed by atoms with Gasteiger partial charge in [-0.1, -0.05) is 18.2 Å². The van der Waals surface area contributed by atoms with Crippen LogP contribution in [0.15, 0.2) is 54.6 Å². The number of alkyl halides is 9. The smallest absolute Gasteiger partial charge is 0.489 e. The summed E-state index contributed by atoms with van der Waals surface area (Å²) in [6, 6.07) is 16.0. The fraction of sp³-hybridized carbons (Fsp3) is 0.389. The number of rotatable bonds is 8. The van der Waals surface area contributed by atoms with Crippen LogP contribution in [0.25, 0.3) is 10.9 Å². The molecule has 1 aromatic heterocycles. The quantitative estimate of drug-likeness (QED) is 0.139. The maximum absolute atomic E-state index is 13.1. The molecule has 0 radical (unpaired) electrons. The van der Waals surface area contributed by atoms with Gasteiger partial charge in [0, 0.05) is 54.4 Å². The zero-order chi connectivity index (χ0) is 47.4. The van der Waals surface area contributed by atoms with Crippen LogP contribution in [0.1, 0.15) is 35.5 Å². The fourth-order valence-corrected chi connectivity index (χ4v) is 5.42. The largest absolute Gasteiger partial charge is 0.490 e. The molecule has 2 aliphatic heterocycles. The highest BCUT2D eigenvalue weighted by atomic mass is 19.4. The molecule has 6 N–H and O–H groups in total. The summed E-state index contributed by atoms with van der Waals surface area (Å²) in [6.07, 6.45) is -15.3. The van der Waals surface area contributed by atoms with Crippen molar-refractivity contribution in [2.45, 2.75) is 57.5 Å². The monoisotopic (exact) mass is 900 g/mol. The lowest BCUT2D eigenvalue weighted by Crippen LogP contribution is -2.78. The molecule has 0 bridgehead atoms. The van der Waals surface area contributed by atoms with E-state index in [1.807, 2.05) is 37.3 Å². The number of para-hydroxylation sites is 1. The van der Waals surface area contributed by atoms with Gasteiger partial charge in [-0.2, -0.15) is 39.5 Å². The van der Waals surface area contributed by atoms with Gasteiger partial charge in [-0.05, 0) is 57.2 Å². The van der Waals surface area contributed by atoms with E-state index in [2.05, 4.69) is 39.7 Å². The number of fused-ring (bicyclic) bond motifs is 1. The molecule has 2 fully saturated rings. The average molecular weight is 901 g/mol. The van der Waals surface area contributed by atoms with Crippen LogP contribution >= 0.6 is 0 Å². The number of urea groups is 1. The molecule has 0 unspecified atom stereocenters. The Morgan fingerprint density at radius 1 is 0.774 bits per heavy atom. The van der Waals surface area contributed by atoms with Crippen LogP contribution in [0.3, 0.4) is 0 Å². The van der Waals surface area contributed by atoms with Gasteiger partial charge in [0.1, 0.15) is 12.4 Å². The number of benzene rings is 2. The second-order valence-electron chi connectivity index (χ2n) is 13.1. The second-order valence-corrected chi connectivity index (χ2v) is 13.1. The summed E-state index contributed by atoms with van der Waals surface area (Å²) in [7, 11) is 0. The number of carboxylic acids is 3. The van der Waals surface area contributed by atoms with Crippen molar-refractivity contribution in [1.82, 2.24) is 30.7 Å². The predicted molar refractivity (Wildman–Crippen MR) is 193 cm³/mol. The van der Waals surface area contributed by atoms with E-state index in [0.29, 0.717) is 50.1 Å². The Kier molecular flexibility index (Phi) is 17.7. The van der Waals surface area contributed by atoms with Crippen molar-refractivity contribution in [3.8, 4) is 5.75 Å². The number of pyridine rings is 1. The minimum Gasteiger partial charge on any atom is -0.489 e. The van der Waals surface area contributed by atoms with Gasteiger partial charge in [-0.3, -0.25) is 39.8 Å². The van der Waals surface area contributed by atoms with Crippen molar-refractivity contribution in [1.29, 1.82) is 0 Å². The Hall–Kier alpha value is -6.57. The third kappa shape index (κ3) is 14.9. The molecule has 17 nitrogen and oxygen atoms in total. The number of nitrogens with one attached hydrogen (secondary N) is 3. The minimum absolute atomic E-state index is 0.287. The van der Waals surface area contributed by atoms with Gasteiger partial charge in [0.15, 0.2) is 5.54 Å². The van der Waals surface area contributed by atoms with Crippen molar-refractivity contribution >= 4 is 52.6 Å². The minimum atomic E-state index is -5.08. The highest BCUT2D eigenvalue weighted by Gasteiger charge is 2.55. The number of ether oxygens (including phenoxy) is 1. The molecule has 340 valence electrons. The van der Waals surface area contributed by atoms with Crippen LogP contribution in [0.4, 0.5) is 44.3 Å². The predicted octanol–water partition coefficient (Wildman–Crippen LogP) is 3.88. The first-order chi connectivity index (χ1) is 28.5. The van der Waals surface area contributed by atoms with Gasteiger partial charge < -0.3 is 25.4 Å². The SMILES string of the molecule is Cc1cc(COc2ccc(C(=O)NCC3(N4CCN(C(C)C)CC4)C(=O)NC(=O)NC3=O)cc2)c2ccccc2n1.O=C(O)C(F)(F)F.O=C(O)C(F)(F)F.O=C(O)C(F)(F)F. The maximum Gasteiger partial charge on any atom is 0.490 e. The number of carbonyl (C=O) groups excluding carboxylic acids is 4. The molecule has 5 amide bonds. The zero-order valence-electron chi connectivity index (χ0n) is 32.4. The summed E-state index contributed by atoms with van der Waals surface area (Å²) in [6.45, 7) is 8.33. The van der Waals surface area contributed by atoms with E-state index < -0.39 is 65.7 Å². The van der Waals surface area contributed by atoms with E-state index in [0.717, 1.165) is 22.2 Å². The molecule has 26 heteroatoms. The van der Waals surface area contributed by atoms with Crippen LogP contribution in [0.5, 0.6) is 5.75 Å². The van der Waals surface area contributed by atoms with E-state index in [1.54, 1.807) is 29.2 Å². The number of barbiturate groups is 1. The summed E-state index contributed by atoms with van der Waals surface area (Å²) in [5, 5.41) is 29.6. The lowest BCUT2D eigenvalue weighted by Gasteiger charge is -2.47. The topological polar surface area (TPSA) is 245 Å². The van der Waals surface area contributed by atoms with E-state index in [4.69, 9.17) is 34.4 Å². The molecule has 0 spiro atoms. The fourth-order valence-electron chi connectivity index (χ4n) is 5.42. The zero-order valence-corrected chi connectivity index (χ0v) is 32.4. The molecule has 0 saturated carbocycles. The third-order valence-electron chi connectivity index (χ3n) is 8.46. The molecule has 5 rings (SSSR count). The number of aromatic nitrogens is 1. The lowest BCUT2D eigenvalue weighted by molar-refractivity contribution is -0.193. The van der Waals surface area contributed by atoms with E-state index in [-0.39, 0.29) is 6.54 Å². The third-order valence-corrected chi connectivity index (χ3v) is 8.46. The Balaban J connectivity index is 0.000000519. The standard InChI is InChI=1S/C30H34N6O5.3C2HF3O2/c1-19(2)35-12-14-36(15-13-35)30(27(38)33-29(40)34-28(30)39)18-31-26(37)21-8-10-23(11-9-21)41-17-22-16-20(3)32-25-7-5-4-6-24(22)25;3*3-2(4,5)1(6)7/h4-11,16,19H,12-15,17-18H2,1-3H3,(H,31,37)(H2,33,34,38,39,40);3*(H,6,7). The average Bonchev–Trinajstić information content (AvgIpc) is 3.16. The Labute approximate surface area is 343 Å². The van der Waals surface area contributed by atoms with E-state index in [1.165, 1.54) is 0 Å². The van der Waals surface area contributed by atoms with Crippen LogP contribution in [-0.4, -0.2) is 135 Å². The number of hydrogen-bond donors (Lipinski definition) is 6. The van der Waals surface area contributed by atoms with E-state index in [9.17, 15) is 58.7 Å². The molecular formula is C36H37F9N6O11. The lowest BCUT2D eigenvalue weighted by atomic mass is 9.91. The number of carboxylic acid groups (broad SMARTS) is 3. The van der Waals surface area contributed by atoms with E-state index >= 15 is 0 Å². The molecule has 0 aliphatic carbocycles. The summed E-state index contributed by atoms with van der Waals surface area (Å²) in [4.78, 5) is 86.4. The number of nitrogens with zero attached hydrogens (tertiary/aromatic N) is 3. The molecule has 3 heterocycles. The van der Waals surface area contributed by atoms with Crippen molar-refractivity contribution in [2.75, 3.05) is 32.7 Å². The first kappa shape index (κ1) is 51.6. The number of halogens is 9. The number of carbonyl (C=O) groups is 7. The first-order valence-electron chi connectivity index (χ1n) is 17.4. The molecule has 62 heavy (non-hydrogen) atoms. The highest BCUT2D eigenvalue weighted by Crippen LogP contribution is 2.24. The van der Waals surface area contributed by atoms with Gasteiger partial charge >= 0.3 is 42.5 Å². The Bertz CT molecular complexity index is 2030. The van der Waals surface area contributed by atoms with Crippen molar-refractivity contribution < 1.29 is 93.1 Å². The second kappa shape index (κ2) is 21.3. The maximum atomic E-state index is 13.1. The van der Waals surface area contributed by atoms with Crippen LogP contribution in [0, 0.1) is 6.92 Å². The first-order valence-corrected chi connectivity index (χ1v) is 17.4. The summed E-state index contributed by atoms with van der Waals surface area (Å²) >= 11 is 0. The molecular weight excluding hydrogens is 863 g/mol. The van der Waals surface area contributed by atoms with Gasteiger partial charge in [0.2, 0.25) is 0 Å². The van der Waals surface area contributed by atoms with Crippen LogP contribution < -0.4 is 20.7 Å². The number of amides is 5. The number of piperazine rings is 1. The van der Waals surface area contributed by atoms with Crippen LogP contribution in [-0.2, 0) is 30.6 Å². The number of hydrogen-bond acceptors (Lipinski definition) is 11. The Morgan fingerprint density at radius 2 is 1.23 bits per heavy atom. The summed E-state index contributed by atoms with van der Waals surface area (Å²) in [5.74, 6) is -9.62. The van der Waals surface area contributed by atoms with Gasteiger partial charge in [-0.25, -0.2) is 19.2 Å².